The standard InChI is InChI=1S/C10H11N3O2/c1-12(7-6-11)8-9-2-4-10(5-3-9)13(14)15/h2-5H,7-8H2,1H3. The van der Waals surface area contributed by atoms with Crippen LogP contribution in [0.2, 0.25) is 0 Å². The predicted molar refractivity (Wildman–Crippen MR) is 55.0 cm³/mol. The van der Waals surface area contributed by atoms with Gasteiger partial charge in [0.2, 0.25) is 0 Å². The van der Waals surface area contributed by atoms with E-state index in [2.05, 4.69) is 0 Å². The first-order chi connectivity index (χ1) is 7.13. The number of hydrogen-bond acceptors (Lipinski definition) is 4. The van der Waals surface area contributed by atoms with Gasteiger partial charge >= 0.3 is 0 Å². The third-order valence-corrected chi connectivity index (χ3v) is 1.94. The van der Waals surface area contributed by atoms with E-state index in [1.165, 1.54) is 12.1 Å². The van der Waals surface area contributed by atoms with Crippen LogP contribution in [0.4, 0.5) is 5.69 Å². The summed E-state index contributed by atoms with van der Waals surface area (Å²) in [5, 5.41) is 18.8. The summed E-state index contributed by atoms with van der Waals surface area (Å²) in [5.41, 5.74) is 1.04. The number of benzene rings is 1. The zero-order valence-electron chi connectivity index (χ0n) is 8.38. The summed E-state index contributed by atoms with van der Waals surface area (Å²) < 4.78 is 0. The smallest absolute Gasteiger partial charge is 0.269 e. The van der Waals surface area contributed by atoms with Crippen LogP contribution in [0, 0.1) is 21.4 Å². The Bertz CT molecular complexity index is 381. The molecule has 0 radical (unpaired) electrons. The molecular weight excluding hydrogens is 194 g/mol. The minimum atomic E-state index is -0.428. The summed E-state index contributed by atoms with van der Waals surface area (Å²) in [4.78, 5) is 11.8. The van der Waals surface area contributed by atoms with E-state index in [0.717, 1.165) is 5.56 Å². The Labute approximate surface area is 87.7 Å². The number of nitro benzene ring substituents is 1. The lowest BCUT2D eigenvalue weighted by molar-refractivity contribution is -0.384. The van der Waals surface area contributed by atoms with Crippen molar-refractivity contribution in [2.75, 3.05) is 13.6 Å². The lowest BCUT2D eigenvalue weighted by Crippen LogP contribution is -2.17. The van der Waals surface area contributed by atoms with Crippen molar-refractivity contribution < 1.29 is 4.92 Å². The van der Waals surface area contributed by atoms with Gasteiger partial charge in [0, 0.05) is 18.7 Å². The van der Waals surface area contributed by atoms with Gasteiger partial charge in [0.1, 0.15) is 0 Å². The van der Waals surface area contributed by atoms with E-state index in [1.54, 1.807) is 12.1 Å². The molecule has 0 heterocycles. The second kappa shape index (κ2) is 5.08. The van der Waals surface area contributed by atoms with Crippen LogP contribution >= 0.6 is 0 Å². The summed E-state index contributed by atoms with van der Waals surface area (Å²) in [5.74, 6) is 0. The van der Waals surface area contributed by atoms with Gasteiger partial charge < -0.3 is 0 Å². The minimum absolute atomic E-state index is 0.0849. The van der Waals surface area contributed by atoms with Crippen LogP contribution in [0.1, 0.15) is 5.56 Å². The van der Waals surface area contributed by atoms with Crippen LogP contribution in [0.15, 0.2) is 24.3 Å². The normalized spacial score (nSPS) is 9.93. The molecule has 1 aromatic carbocycles. The highest BCUT2D eigenvalue weighted by atomic mass is 16.6. The molecule has 0 unspecified atom stereocenters. The van der Waals surface area contributed by atoms with E-state index in [0.29, 0.717) is 13.1 Å². The average molecular weight is 205 g/mol. The highest BCUT2D eigenvalue weighted by Crippen LogP contribution is 2.12. The Morgan fingerprint density at radius 2 is 2.07 bits per heavy atom. The van der Waals surface area contributed by atoms with Gasteiger partial charge in [0.25, 0.3) is 5.69 Å². The van der Waals surface area contributed by atoms with Gasteiger partial charge in [0.05, 0.1) is 17.5 Å². The molecule has 0 aliphatic rings. The molecule has 1 aromatic rings. The third kappa shape index (κ3) is 3.37. The molecule has 0 aliphatic carbocycles. The first-order valence-corrected chi connectivity index (χ1v) is 4.42. The Kier molecular flexibility index (Phi) is 3.77. The largest absolute Gasteiger partial charge is 0.289 e. The summed E-state index contributed by atoms with van der Waals surface area (Å²) in [6.07, 6.45) is 0. The van der Waals surface area contributed by atoms with E-state index in [-0.39, 0.29) is 5.69 Å². The second-order valence-electron chi connectivity index (χ2n) is 3.25. The van der Waals surface area contributed by atoms with Gasteiger partial charge in [-0.3, -0.25) is 15.0 Å². The lowest BCUT2D eigenvalue weighted by Gasteiger charge is -2.11. The van der Waals surface area contributed by atoms with Crippen molar-refractivity contribution >= 4 is 5.69 Å². The second-order valence-corrected chi connectivity index (χ2v) is 3.25. The Morgan fingerprint density at radius 3 is 2.53 bits per heavy atom. The summed E-state index contributed by atoms with van der Waals surface area (Å²) in [6.45, 7) is 0.961. The number of non-ortho nitro benzene ring substituents is 1. The summed E-state index contributed by atoms with van der Waals surface area (Å²) in [7, 11) is 1.82. The number of nitro groups is 1. The fourth-order valence-corrected chi connectivity index (χ4v) is 1.21. The van der Waals surface area contributed by atoms with Crippen LogP contribution < -0.4 is 0 Å². The maximum atomic E-state index is 10.4. The Balaban J connectivity index is 2.65. The molecule has 0 saturated carbocycles. The Morgan fingerprint density at radius 1 is 1.47 bits per heavy atom. The summed E-state index contributed by atoms with van der Waals surface area (Å²) in [6, 6.07) is 8.37. The first kappa shape index (κ1) is 11.1. The lowest BCUT2D eigenvalue weighted by atomic mass is 10.2. The van der Waals surface area contributed by atoms with E-state index in [9.17, 15) is 10.1 Å². The highest BCUT2D eigenvalue weighted by molar-refractivity contribution is 5.32. The van der Waals surface area contributed by atoms with Gasteiger partial charge in [0.15, 0.2) is 0 Å². The SMILES string of the molecule is CN(CC#N)Cc1ccc([N+](=O)[O-])cc1. The predicted octanol–water partition coefficient (Wildman–Crippen LogP) is 1.55. The maximum absolute atomic E-state index is 10.4. The highest BCUT2D eigenvalue weighted by Gasteiger charge is 2.05. The molecule has 5 heteroatoms. The molecule has 0 spiro atoms. The van der Waals surface area contributed by atoms with E-state index in [4.69, 9.17) is 5.26 Å². The molecule has 0 aromatic heterocycles. The maximum Gasteiger partial charge on any atom is 0.269 e. The van der Waals surface area contributed by atoms with Crippen molar-refractivity contribution in [3.8, 4) is 6.07 Å². The zero-order valence-corrected chi connectivity index (χ0v) is 8.38. The molecule has 78 valence electrons. The molecule has 0 saturated heterocycles. The molecule has 5 nitrogen and oxygen atoms in total. The number of rotatable bonds is 4. The zero-order chi connectivity index (χ0) is 11.3. The van der Waals surface area contributed by atoms with E-state index in [1.807, 2.05) is 18.0 Å². The number of nitriles is 1. The molecule has 0 amide bonds. The molecule has 0 N–H and O–H groups in total. The molecular formula is C10H11N3O2. The molecule has 15 heavy (non-hydrogen) atoms. The number of nitrogens with zero attached hydrogens (tertiary/aromatic N) is 3. The first-order valence-electron chi connectivity index (χ1n) is 4.42. The van der Waals surface area contributed by atoms with Gasteiger partial charge in [-0.05, 0) is 12.6 Å². The summed E-state index contributed by atoms with van der Waals surface area (Å²) >= 11 is 0. The topological polar surface area (TPSA) is 70.2 Å². The average Bonchev–Trinajstić information content (AvgIpc) is 2.18. The van der Waals surface area contributed by atoms with Crippen molar-refractivity contribution in [1.82, 2.24) is 4.90 Å². The van der Waals surface area contributed by atoms with Crippen molar-refractivity contribution in [3.63, 3.8) is 0 Å². The van der Waals surface area contributed by atoms with Crippen LogP contribution in [0.5, 0.6) is 0 Å². The van der Waals surface area contributed by atoms with Crippen LogP contribution in [0.25, 0.3) is 0 Å². The van der Waals surface area contributed by atoms with E-state index >= 15 is 0 Å². The van der Waals surface area contributed by atoms with Gasteiger partial charge in [-0.15, -0.1) is 0 Å². The fourth-order valence-electron chi connectivity index (χ4n) is 1.21. The van der Waals surface area contributed by atoms with E-state index < -0.39 is 4.92 Å². The van der Waals surface area contributed by atoms with Crippen molar-refractivity contribution in [2.45, 2.75) is 6.54 Å². The third-order valence-electron chi connectivity index (χ3n) is 1.94. The minimum Gasteiger partial charge on any atom is -0.289 e. The monoisotopic (exact) mass is 205 g/mol. The molecule has 0 fully saturated rings. The van der Waals surface area contributed by atoms with Crippen LogP contribution in [-0.2, 0) is 6.54 Å². The van der Waals surface area contributed by atoms with Gasteiger partial charge in [-0.2, -0.15) is 5.26 Å². The molecule has 0 atom stereocenters. The van der Waals surface area contributed by atoms with Crippen molar-refractivity contribution in [1.29, 1.82) is 5.26 Å². The number of hydrogen-bond donors (Lipinski definition) is 0. The fraction of sp³-hybridized carbons (Fsp3) is 0.300. The van der Waals surface area contributed by atoms with Crippen molar-refractivity contribution in [3.05, 3.63) is 39.9 Å². The quantitative estimate of drug-likeness (QED) is 0.424. The van der Waals surface area contributed by atoms with Crippen molar-refractivity contribution in [2.24, 2.45) is 0 Å². The van der Waals surface area contributed by atoms with Crippen LogP contribution in [-0.4, -0.2) is 23.4 Å². The van der Waals surface area contributed by atoms with Crippen LogP contribution in [0.3, 0.4) is 0 Å². The molecule has 0 aliphatic heterocycles. The Hall–Kier alpha value is -1.93. The molecule has 1 rings (SSSR count). The van der Waals surface area contributed by atoms with Gasteiger partial charge in [-0.1, -0.05) is 12.1 Å². The molecule has 0 bridgehead atoms. The van der Waals surface area contributed by atoms with Gasteiger partial charge in [-0.25, -0.2) is 0 Å².